The molecule has 7 heteroatoms. The van der Waals surface area contributed by atoms with Crippen molar-refractivity contribution in [3.8, 4) is 0 Å². The smallest absolute Gasteiger partial charge is 0.315 e. The van der Waals surface area contributed by atoms with E-state index >= 15 is 0 Å². The molecule has 0 rings (SSSR count). The van der Waals surface area contributed by atoms with E-state index in [2.05, 4.69) is 38.0 Å². The molecule has 0 bridgehead atoms. The Morgan fingerprint density at radius 2 is 1.48 bits per heavy atom. The minimum Gasteiger partial charge on any atom is -0.335 e. The second-order valence-corrected chi connectivity index (χ2v) is 12.6. The van der Waals surface area contributed by atoms with Gasteiger partial charge in [0.25, 0.3) is 0 Å². The highest BCUT2D eigenvalue weighted by atomic mass is 32.2. The van der Waals surface area contributed by atoms with Gasteiger partial charge in [0.2, 0.25) is 0 Å². The molecule has 0 unspecified atom stereocenters. The van der Waals surface area contributed by atoms with Crippen LogP contribution in [-0.2, 0) is 14.6 Å². The molecule has 0 fully saturated rings. The Morgan fingerprint density at radius 3 is 1.90 bits per heavy atom. The lowest BCUT2D eigenvalue weighted by molar-refractivity contribution is -0.121. The maximum absolute atomic E-state index is 12.6. The summed E-state index contributed by atoms with van der Waals surface area (Å²) in [5.41, 5.74) is 0.549. The molecule has 170 valence electrons. The van der Waals surface area contributed by atoms with E-state index in [9.17, 15) is 18.0 Å². The van der Waals surface area contributed by atoms with Crippen LogP contribution in [0.15, 0.2) is 12.2 Å². The van der Waals surface area contributed by atoms with Gasteiger partial charge in [-0.25, -0.2) is 13.2 Å². The number of carbonyl (C=O) groups excluding carboxylic acids is 2. The summed E-state index contributed by atoms with van der Waals surface area (Å²) in [5, 5.41) is 5.86. The molecule has 2 N–H and O–H groups in total. The fraction of sp³-hybridized carbons (Fsp3) is 0.818. The van der Waals surface area contributed by atoms with Crippen molar-refractivity contribution in [3.63, 3.8) is 0 Å². The van der Waals surface area contributed by atoms with Crippen LogP contribution in [0.1, 0.15) is 80.6 Å². The molecule has 0 radical (unpaired) electrons. The number of ketones is 1. The summed E-state index contributed by atoms with van der Waals surface area (Å²) in [7, 11) is -2.92. The third-order valence-corrected chi connectivity index (χ3v) is 6.01. The van der Waals surface area contributed by atoms with Crippen molar-refractivity contribution in [1.82, 2.24) is 10.6 Å². The maximum Gasteiger partial charge on any atom is 0.315 e. The Bertz CT molecular complexity index is 670. The van der Waals surface area contributed by atoms with Crippen molar-refractivity contribution in [2.45, 2.75) is 92.7 Å². The Balaban J connectivity index is 4.73. The number of unbranched alkanes of at least 4 members (excludes halogenated alkanes) is 1. The number of rotatable bonds is 11. The van der Waals surface area contributed by atoms with E-state index in [0.717, 1.165) is 31.3 Å². The average molecular weight is 431 g/mol. The van der Waals surface area contributed by atoms with E-state index < -0.39 is 15.9 Å². The van der Waals surface area contributed by atoms with Crippen LogP contribution in [0.4, 0.5) is 4.79 Å². The van der Waals surface area contributed by atoms with Gasteiger partial charge in [0.15, 0.2) is 5.78 Å². The zero-order valence-electron chi connectivity index (χ0n) is 19.6. The van der Waals surface area contributed by atoms with Crippen LogP contribution < -0.4 is 10.6 Å². The van der Waals surface area contributed by atoms with Gasteiger partial charge in [-0.1, -0.05) is 53.7 Å². The van der Waals surface area contributed by atoms with Crippen LogP contribution in [0.25, 0.3) is 0 Å². The first kappa shape index (κ1) is 27.6. The number of sulfone groups is 1. The normalized spacial score (nSPS) is 14.8. The summed E-state index contributed by atoms with van der Waals surface area (Å²) in [4.78, 5) is 24.5. The summed E-state index contributed by atoms with van der Waals surface area (Å²) in [6.07, 6.45) is 4.97. The second kappa shape index (κ2) is 11.1. The molecule has 0 saturated heterocycles. The largest absolute Gasteiger partial charge is 0.335 e. The first-order valence-electron chi connectivity index (χ1n) is 10.4. The number of nitrogens with one attached hydrogen (secondary N) is 2. The fourth-order valence-corrected chi connectivity index (χ4v) is 3.92. The number of urea groups is 1. The molecule has 2 amide bonds. The molecule has 0 aliphatic carbocycles. The van der Waals surface area contributed by atoms with Crippen molar-refractivity contribution < 1.29 is 18.0 Å². The molecule has 0 aliphatic rings. The van der Waals surface area contributed by atoms with Crippen molar-refractivity contribution in [2.75, 3.05) is 12.0 Å². The predicted octanol–water partition coefficient (Wildman–Crippen LogP) is 4.26. The van der Waals surface area contributed by atoms with Crippen molar-refractivity contribution in [3.05, 3.63) is 12.2 Å². The van der Waals surface area contributed by atoms with Gasteiger partial charge in [0.05, 0.1) is 6.04 Å². The van der Waals surface area contributed by atoms with Gasteiger partial charge >= 0.3 is 6.03 Å². The minimum absolute atomic E-state index is 0.0672. The van der Waals surface area contributed by atoms with Crippen molar-refractivity contribution >= 4 is 21.7 Å². The Kier molecular flexibility index (Phi) is 10.6. The number of allylic oxidation sites excluding steroid dienone is 1. The van der Waals surface area contributed by atoms with Crippen LogP contribution in [-0.4, -0.2) is 44.3 Å². The minimum atomic E-state index is -2.92. The van der Waals surface area contributed by atoms with E-state index in [-0.39, 0.29) is 34.4 Å². The second-order valence-electron chi connectivity index (χ2n) is 10.3. The number of Topliss-reactive ketones (excluding diaryl/α,β-unsaturated/α-hetero) is 1. The summed E-state index contributed by atoms with van der Waals surface area (Å²) >= 11 is 0. The van der Waals surface area contributed by atoms with Gasteiger partial charge in [-0.15, -0.1) is 0 Å². The molecule has 0 heterocycles. The molecular weight excluding hydrogens is 388 g/mol. The zero-order chi connectivity index (χ0) is 23.0. The lowest BCUT2D eigenvalue weighted by Gasteiger charge is -2.34. The van der Waals surface area contributed by atoms with Gasteiger partial charge in [-0.05, 0) is 49.9 Å². The highest BCUT2D eigenvalue weighted by Gasteiger charge is 2.32. The molecule has 0 spiro atoms. The highest BCUT2D eigenvalue weighted by Crippen LogP contribution is 2.26. The fourth-order valence-electron chi connectivity index (χ4n) is 3.19. The first-order chi connectivity index (χ1) is 12.9. The monoisotopic (exact) mass is 430 g/mol. The summed E-state index contributed by atoms with van der Waals surface area (Å²) < 4.78 is 22.4. The van der Waals surface area contributed by atoms with Gasteiger partial charge in [0.1, 0.15) is 9.84 Å². The number of hydrogen-bond donors (Lipinski definition) is 2. The molecule has 0 aromatic carbocycles. The van der Waals surface area contributed by atoms with Crippen molar-refractivity contribution in [2.24, 2.45) is 10.8 Å². The average Bonchev–Trinajstić information content (AvgIpc) is 2.49. The maximum atomic E-state index is 12.6. The Hall–Kier alpha value is -1.37. The summed E-state index contributed by atoms with van der Waals surface area (Å²) in [5.74, 6) is 0.139. The highest BCUT2D eigenvalue weighted by molar-refractivity contribution is 7.90. The summed E-state index contributed by atoms with van der Waals surface area (Å²) in [6, 6.07) is -0.963. The van der Waals surface area contributed by atoms with Gasteiger partial charge in [-0.2, -0.15) is 0 Å². The first-order valence-corrected chi connectivity index (χ1v) is 12.4. The van der Waals surface area contributed by atoms with E-state index in [0.29, 0.717) is 6.42 Å². The van der Waals surface area contributed by atoms with Crippen LogP contribution in [0.2, 0.25) is 0 Å². The van der Waals surface area contributed by atoms with Crippen LogP contribution in [0.3, 0.4) is 0 Å². The zero-order valence-corrected chi connectivity index (χ0v) is 20.5. The molecule has 0 aromatic rings. The summed E-state index contributed by atoms with van der Waals surface area (Å²) in [6.45, 7) is 17.6. The predicted molar refractivity (Wildman–Crippen MR) is 121 cm³/mol. The lowest BCUT2D eigenvalue weighted by atomic mass is 9.83. The SMILES string of the molecule is C=C(CCCCS(C)(=O)=O)CC[C@@H](NC(=O)N[C@H](C(C)=O)C(C)(C)C)C(C)(C)C. The topological polar surface area (TPSA) is 92.3 Å². The molecular formula is C22H42N2O4S. The van der Waals surface area contributed by atoms with Crippen LogP contribution >= 0.6 is 0 Å². The molecule has 0 aliphatic heterocycles. The van der Waals surface area contributed by atoms with Gasteiger partial charge < -0.3 is 10.6 Å². The number of carbonyl (C=O) groups is 2. The third-order valence-electron chi connectivity index (χ3n) is 4.98. The van der Waals surface area contributed by atoms with E-state index in [1.165, 1.54) is 13.2 Å². The van der Waals surface area contributed by atoms with E-state index in [1.54, 1.807) is 0 Å². The van der Waals surface area contributed by atoms with Gasteiger partial charge in [0, 0.05) is 18.1 Å². The number of amides is 2. The van der Waals surface area contributed by atoms with E-state index in [1.807, 2.05) is 20.8 Å². The van der Waals surface area contributed by atoms with E-state index in [4.69, 9.17) is 0 Å². The lowest BCUT2D eigenvalue weighted by Crippen LogP contribution is -2.55. The Labute approximate surface area is 178 Å². The van der Waals surface area contributed by atoms with Crippen LogP contribution in [0, 0.1) is 10.8 Å². The van der Waals surface area contributed by atoms with Crippen LogP contribution in [0.5, 0.6) is 0 Å². The molecule has 29 heavy (non-hydrogen) atoms. The molecule has 2 atom stereocenters. The standard InChI is InChI=1S/C22H42N2O4S/c1-16(12-10-11-15-29(9,27)28)13-14-18(21(3,4)5)23-20(26)24-19(17(2)25)22(6,7)8/h18-19H,1,10-15H2,2-9H3,(H2,23,24,26)/t18-,19-/m1/s1. The Morgan fingerprint density at radius 1 is 0.931 bits per heavy atom. The molecule has 0 aromatic heterocycles. The van der Waals surface area contributed by atoms with Gasteiger partial charge in [-0.3, -0.25) is 4.79 Å². The molecule has 0 saturated carbocycles. The third kappa shape index (κ3) is 12.7. The molecule has 6 nitrogen and oxygen atoms in total. The van der Waals surface area contributed by atoms with Crippen molar-refractivity contribution in [1.29, 1.82) is 0 Å². The number of hydrogen-bond acceptors (Lipinski definition) is 4. The quantitative estimate of drug-likeness (QED) is 0.378.